The van der Waals surface area contributed by atoms with Crippen LogP contribution in [0, 0.1) is 6.92 Å². The van der Waals surface area contributed by atoms with Gasteiger partial charge in [-0.15, -0.1) is 22.7 Å². The van der Waals surface area contributed by atoms with Crippen LogP contribution in [0.5, 0.6) is 0 Å². The summed E-state index contributed by atoms with van der Waals surface area (Å²) in [6.45, 7) is 2.00. The van der Waals surface area contributed by atoms with Gasteiger partial charge in [-0.25, -0.2) is 9.97 Å². The van der Waals surface area contributed by atoms with E-state index in [0.717, 1.165) is 27.6 Å². The molecule has 0 fully saturated rings. The number of hydrogen-bond donors (Lipinski definition) is 2. The van der Waals surface area contributed by atoms with Crippen molar-refractivity contribution in [3.05, 3.63) is 45.4 Å². The average Bonchev–Trinajstić information content (AvgIpc) is 3.01. The number of para-hydroxylation sites is 1. The zero-order valence-electron chi connectivity index (χ0n) is 10.5. The zero-order chi connectivity index (χ0) is 13.2. The van der Waals surface area contributed by atoms with Crippen molar-refractivity contribution in [1.29, 1.82) is 0 Å². The van der Waals surface area contributed by atoms with Crippen molar-refractivity contribution in [2.75, 3.05) is 0 Å². The Morgan fingerprint density at radius 1 is 1.32 bits per heavy atom. The molecule has 0 aliphatic carbocycles. The molecule has 3 rings (SSSR count). The van der Waals surface area contributed by atoms with E-state index in [4.69, 9.17) is 5.84 Å². The minimum Gasteiger partial charge on any atom is -0.271 e. The van der Waals surface area contributed by atoms with Crippen molar-refractivity contribution >= 4 is 32.9 Å². The first kappa shape index (κ1) is 12.7. The Morgan fingerprint density at radius 3 is 2.84 bits per heavy atom. The Hall–Kier alpha value is -1.34. The summed E-state index contributed by atoms with van der Waals surface area (Å²) in [6, 6.07) is 8.19. The fraction of sp³-hybridized carbons (Fsp3) is 0.231. The third kappa shape index (κ3) is 2.66. The molecule has 6 heteroatoms. The first-order valence-electron chi connectivity index (χ1n) is 5.99. The van der Waals surface area contributed by atoms with Crippen LogP contribution < -0.4 is 11.3 Å². The van der Waals surface area contributed by atoms with Gasteiger partial charge in [0, 0.05) is 11.8 Å². The molecule has 1 aromatic carbocycles. The molecule has 0 aliphatic heterocycles. The number of hydrogen-bond acceptors (Lipinski definition) is 6. The molecule has 0 spiro atoms. The number of fused-ring (bicyclic) bond motifs is 1. The second-order valence-electron chi connectivity index (χ2n) is 4.29. The third-order valence-corrected chi connectivity index (χ3v) is 4.76. The van der Waals surface area contributed by atoms with Crippen molar-refractivity contribution in [1.82, 2.24) is 15.4 Å². The summed E-state index contributed by atoms with van der Waals surface area (Å²) in [6.07, 6.45) is 0.763. The van der Waals surface area contributed by atoms with E-state index in [1.54, 1.807) is 22.7 Å². The maximum absolute atomic E-state index is 5.65. The van der Waals surface area contributed by atoms with Crippen molar-refractivity contribution in [2.24, 2.45) is 5.84 Å². The van der Waals surface area contributed by atoms with Crippen molar-refractivity contribution in [3.63, 3.8) is 0 Å². The first-order valence-corrected chi connectivity index (χ1v) is 7.68. The highest BCUT2D eigenvalue weighted by molar-refractivity contribution is 7.18. The minimum absolute atomic E-state index is 0.0190. The van der Waals surface area contributed by atoms with Crippen LogP contribution in [0.15, 0.2) is 29.6 Å². The van der Waals surface area contributed by atoms with Gasteiger partial charge in [-0.05, 0) is 19.1 Å². The van der Waals surface area contributed by atoms with Crippen molar-refractivity contribution in [2.45, 2.75) is 19.4 Å². The van der Waals surface area contributed by atoms with Crippen molar-refractivity contribution < 1.29 is 0 Å². The smallest absolute Gasteiger partial charge is 0.0958 e. The van der Waals surface area contributed by atoms with Crippen LogP contribution in [0.1, 0.15) is 21.8 Å². The second-order valence-corrected chi connectivity index (χ2v) is 6.47. The monoisotopic (exact) mass is 290 g/mol. The van der Waals surface area contributed by atoms with Gasteiger partial charge in [-0.2, -0.15) is 0 Å². The Kier molecular flexibility index (Phi) is 3.56. The quantitative estimate of drug-likeness (QED) is 0.573. The van der Waals surface area contributed by atoms with E-state index >= 15 is 0 Å². The largest absolute Gasteiger partial charge is 0.271 e. The second kappa shape index (κ2) is 5.34. The van der Waals surface area contributed by atoms with E-state index in [-0.39, 0.29) is 6.04 Å². The number of hydrazine groups is 1. The van der Waals surface area contributed by atoms with Gasteiger partial charge in [0.15, 0.2) is 0 Å². The summed E-state index contributed by atoms with van der Waals surface area (Å²) in [5.74, 6) is 5.65. The molecule has 4 nitrogen and oxygen atoms in total. The fourth-order valence-corrected chi connectivity index (χ4v) is 3.65. The lowest BCUT2D eigenvalue weighted by atomic mass is 10.2. The van der Waals surface area contributed by atoms with E-state index < -0.39 is 0 Å². The van der Waals surface area contributed by atoms with Gasteiger partial charge in [0.05, 0.1) is 32.0 Å². The van der Waals surface area contributed by atoms with E-state index in [9.17, 15) is 0 Å². The predicted octanol–water partition coefficient (Wildman–Crippen LogP) is 2.81. The van der Waals surface area contributed by atoms with E-state index in [2.05, 4.69) is 21.5 Å². The number of benzene rings is 1. The summed E-state index contributed by atoms with van der Waals surface area (Å²) in [7, 11) is 0. The number of aromatic nitrogens is 2. The average molecular weight is 290 g/mol. The molecule has 1 atom stereocenters. The summed E-state index contributed by atoms with van der Waals surface area (Å²) in [4.78, 5) is 9.12. The molecule has 19 heavy (non-hydrogen) atoms. The van der Waals surface area contributed by atoms with Gasteiger partial charge < -0.3 is 0 Å². The summed E-state index contributed by atoms with van der Waals surface area (Å²) in [5.41, 5.74) is 4.87. The number of nitrogens with zero attached hydrogens (tertiary/aromatic N) is 2. The molecule has 1 unspecified atom stereocenters. The van der Waals surface area contributed by atoms with Crippen LogP contribution >= 0.6 is 22.7 Å². The Bertz CT molecular complexity index is 656. The highest BCUT2D eigenvalue weighted by Crippen LogP contribution is 2.26. The highest BCUT2D eigenvalue weighted by Gasteiger charge is 2.16. The lowest BCUT2D eigenvalue weighted by molar-refractivity contribution is 0.539. The molecule has 0 radical (unpaired) electrons. The van der Waals surface area contributed by atoms with Crippen LogP contribution in [0.3, 0.4) is 0 Å². The van der Waals surface area contributed by atoms with Gasteiger partial charge >= 0.3 is 0 Å². The lowest BCUT2D eigenvalue weighted by Crippen LogP contribution is -2.29. The van der Waals surface area contributed by atoms with Crippen LogP contribution in [0.4, 0.5) is 0 Å². The molecule has 0 saturated carbocycles. The number of aryl methyl sites for hydroxylation is 1. The molecule has 0 bridgehead atoms. The summed E-state index contributed by atoms with van der Waals surface area (Å²) in [5, 5.41) is 4.18. The van der Waals surface area contributed by atoms with Crippen molar-refractivity contribution in [3.8, 4) is 0 Å². The van der Waals surface area contributed by atoms with Crippen LogP contribution in [-0.4, -0.2) is 9.97 Å². The summed E-state index contributed by atoms with van der Waals surface area (Å²) < 4.78 is 1.21. The Labute approximate surface area is 119 Å². The molecule has 3 N–H and O–H groups in total. The normalized spacial score (nSPS) is 12.9. The standard InChI is InChI=1S/C13H14N4S2/c1-8-15-11(7-18-8)10(17-14)6-13-16-9-4-2-3-5-12(9)19-13/h2-5,7,10,17H,6,14H2,1H3. The highest BCUT2D eigenvalue weighted by atomic mass is 32.1. The first-order chi connectivity index (χ1) is 9.26. The number of thiazole rings is 2. The van der Waals surface area contributed by atoms with E-state index in [1.165, 1.54) is 4.70 Å². The number of rotatable bonds is 4. The molecule has 0 saturated heterocycles. The SMILES string of the molecule is Cc1nc(C(Cc2nc3ccccc3s2)NN)cs1. The predicted molar refractivity (Wildman–Crippen MR) is 80.2 cm³/mol. The van der Waals surface area contributed by atoms with Gasteiger partial charge in [-0.3, -0.25) is 11.3 Å². The Balaban J connectivity index is 1.86. The molecule has 98 valence electrons. The molecule has 0 aliphatic rings. The molecular formula is C13H14N4S2. The maximum atomic E-state index is 5.65. The topological polar surface area (TPSA) is 63.8 Å². The van der Waals surface area contributed by atoms with Crippen LogP contribution in [-0.2, 0) is 6.42 Å². The number of nitrogens with one attached hydrogen (secondary N) is 1. The van der Waals surface area contributed by atoms with Crippen LogP contribution in [0.25, 0.3) is 10.2 Å². The van der Waals surface area contributed by atoms with E-state index in [0.29, 0.717) is 0 Å². The molecule has 0 amide bonds. The zero-order valence-corrected chi connectivity index (χ0v) is 12.1. The molecule has 3 aromatic rings. The molecule has 2 aromatic heterocycles. The van der Waals surface area contributed by atoms with Crippen LogP contribution in [0.2, 0.25) is 0 Å². The van der Waals surface area contributed by atoms with E-state index in [1.807, 2.05) is 30.5 Å². The summed E-state index contributed by atoms with van der Waals surface area (Å²) >= 11 is 3.35. The Morgan fingerprint density at radius 2 is 2.16 bits per heavy atom. The maximum Gasteiger partial charge on any atom is 0.0958 e. The van der Waals surface area contributed by atoms with Gasteiger partial charge in [-0.1, -0.05) is 12.1 Å². The third-order valence-electron chi connectivity index (χ3n) is 2.91. The van der Waals surface area contributed by atoms with Gasteiger partial charge in [0.2, 0.25) is 0 Å². The lowest BCUT2D eigenvalue weighted by Gasteiger charge is -2.11. The van der Waals surface area contributed by atoms with Gasteiger partial charge in [0.25, 0.3) is 0 Å². The molecular weight excluding hydrogens is 276 g/mol. The fourth-order valence-electron chi connectivity index (χ4n) is 1.97. The number of nitrogens with two attached hydrogens (primary N) is 1. The minimum atomic E-state index is 0.0190. The molecule has 2 heterocycles. The van der Waals surface area contributed by atoms with Gasteiger partial charge in [0.1, 0.15) is 0 Å².